The van der Waals surface area contributed by atoms with Gasteiger partial charge in [-0.05, 0) is 24.3 Å². The first-order valence-electron chi connectivity index (χ1n) is 3.87. The van der Waals surface area contributed by atoms with Crippen LogP contribution in [0, 0.1) is 5.82 Å². The van der Waals surface area contributed by atoms with Crippen LogP contribution in [0.1, 0.15) is 0 Å². The van der Waals surface area contributed by atoms with Gasteiger partial charge in [-0.2, -0.15) is 0 Å². The molecule has 1 rings (SSSR count). The van der Waals surface area contributed by atoms with E-state index in [1.807, 2.05) is 0 Å². The van der Waals surface area contributed by atoms with Gasteiger partial charge >= 0.3 is 0 Å². The third kappa shape index (κ3) is 3.24. The zero-order chi connectivity index (χ0) is 9.68. The highest BCUT2D eigenvalue weighted by Gasteiger charge is 2.02. The Bertz CT molecular complexity index is 284. The third-order valence-electron chi connectivity index (χ3n) is 1.55. The molecule has 1 aromatic rings. The largest absolute Gasteiger partial charge is 0.384 e. The zero-order valence-electron chi connectivity index (χ0n) is 7.33. The topological polar surface area (TPSA) is 26.3 Å². The molecule has 0 N–H and O–H groups in total. The molecular formula is C9H11FO2S. The summed E-state index contributed by atoms with van der Waals surface area (Å²) < 4.78 is 28.7. The molecular weight excluding hydrogens is 191 g/mol. The van der Waals surface area contributed by atoms with Crippen molar-refractivity contribution in [2.75, 3.05) is 19.5 Å². The summed E-state index contributed by atoms with van der Waals surface area (Å²) in [5.74, 6) is 0.134. The molecule has 0 aliphatic carbocycles. The molecule has 0 saturated carbocycles. The van der Waals surface area contributed by atoms with Gasteiger partial charge in [0.2, 0.25) is 0 Å². The molecule has 0 fully saturated rings. The normalized spacial score (nSPS) is 12.8. The van der Waals surface area contributed by atoms with E-state index in [4.69, 9.17) is 4.74 Å². The minimum Gasteiger partial charge on any atom is -0.384 e. The molecule has 0 saturated heterocycles. The van der Waals surface area contributed by atoms with Crippen molar-refractivity contribution in [1.82, 2.24) is 0 Å². The van der Waals surface area contributed by atoms with E-state index >= 15 is 0 Å². The standard InChI is InChI=1S/C9H11FO2S/c1-12-6-7-13(11)9-4-2-8(10)3-5-9/h2-5H,6-7H2,1H3. The van der Waals surface area contributed by atoms with E-state index in [1.165, 1.54) is 24.3 Å². The average molecular weight is 202 g/mol. The van der Waals surface area contributed by atoms with Crippen molar-refractivity contribution in [1.29, 1.82) is 0 Å². The summed E-state index contributed by atoms with van der Waals surface area (Å²) in [6, 6.07) is 5.67. The van der Waals surface area contributed by atoms with Crippen LogP contribution < -0.4 is 0 Å². The SMILES string of the molecule is COCCS(=O)c1ccc(F)cc1. The van der Waals surface area contributed by atoms with Gasteiger partial charge < -0.3 is 4.74 Å². The summed E-state index contributed by atoms with van der Waals surface area (Å²) in [6.07, 6.45) is 0. The fourth-order valence-electron chi connectivity index (χ4n) is 0.863. The molecule has 2 nitrogen and oxygen atoms in total. The lowest BCUT2D eigenvalue weighted by atomic mass is 10.4. The van der Waals surface area contributed by atoms with Gasteiger partial charge in [0.25, 0.3) is 0 Å². The second-order valence-corrected chi connectivity index (χ2v) is 4.07. The van der Waals surface area contributed by atoms with Gasteiger partial charge in [-0.1, -0.05) is 0 Å². The molecule has 13 heavy (non-hydrogen) atoms. The predicted molar refractivity (Wildman–Crippen MR) is 49.6 cm³/mol. The van der Waals surface area contributed by atoms with Crippen molar-refractivity contribution in [3.8, 4) is 0 Å². The van der Waals surface area contributed by atoms with Gasteiger partial charge in [0, 0.05) is 12.0 Å². The van der Waals surface area contributed by atoms with E-state index < -0.39 is 10.8 Å². The van der Waals surface area contributed by atoms with Crippen molar-refractivity contribution in [3.05, 3.63) is 30.1 Å². The van der Waals surface area contributed by atoms with Gasteiger partial charge in [-0.25, -0.2) is 4.39 Å². The number of methoxy groups -OCH3 is 1. The highest BCUT2D eigenvalue weighted by atomic mass is 32.2. The predicted octanol–water partition coefficient (Wildman–Crippen LogP) is 1.58. The summed E-state index contributed by atoms with van der Waals surface area (Å²) in [4.78, 5) is 0.637. The summed E-state index contributed by atoms with van der Waals surface area (Å²) >= 11 is 0. The van der Waals surface area contributed by atoms with E-state index in [-0.39, 0.29) is 5.82 Å². The third-order valence-corrected chi connectivity index (χ3v) is 2.88. The van der Waals surface area contributed by atoms with Crippen LogP contribution >= 0.6 is 0 Å². The fraction of sp³-hybridized carbons (Fsp3) is 0.333. The molecule has 72 valence electrons. The van der Waals surface area contributed by atoms with Crippen LogP contribution in [0.5, 0.6) is 0 Å². The van der Waals surface area contributed by atoms with Crippen LogP contribution in [0.25, 0.3) is 0 Å². The molecule has 0 heterocycles. The first-order chi connectivity index (χ1) is 6.24. The lowest BCUT2D eigenvalue weighted by Crippen LogP contribution is -2.04. The highest BCUT2D eigenvalue weighted by Crippen LogP contribution is 2.07. The van der Waals surface area contributed by atoms with Crippen molar-refractivity contribution >= 4 is 10.8 Å². The number of rotatable bonds is 4. The van der Waals surface area contributed by atoms with Crippen LogP contribution in [0.2, 0.25) is 0 Å². The molecule has 0 spiro atoms. The van der Waals surface area contributed by atoms with Crippen LogP contribution in [0.3, 0.4) is 0 Å². The van der Waals surface area contributed by atoms with Crippen LogP contribution in [0.4, 0.5) is 4.39 Å². The molecule has 1 aromatic carbocycles. The first kappa shape index (κ1) is 10.3. The van der Waals surface area contributed by atoms with Crippen LogP contribution in [-0.4, -0.2) is 23.7 Å². The second kappa shape index (κ2) is 5.09. The van der Waals surface area contributed by atoms with Gasteiger partial charge in [0.1, 0.15) is 5.82 Å². The van der Waals surface area contributed by atoms with E-state index in [0.717, 1.165) is 0 Å². The zero-order valence-corrected chi connectivity index (χ0v) is 8.14. The highest BCUT2D eigenvalue weighted by molar-refractivity contribution is 7.85. The molecule has 4 heteroatoms. The Morgan fingerprint density at radius 2 is 2.00 bits per heavy atom. The minimum atomic E-state index is -1.08. The Hall–Kier alpha value is -0.740. The lowest BCUT2D eigenvalue weighted by Gasteiger charge is -2.00. The number of hydrogen-bond acceptors (Lipinski definition) is 2. The Morgan fingerprint density at radius 3 is 2.54 bits per heavy atom. The van der Waals surface area contributed by atoms with Crippen LogP contribution in [0.15, 0.2) is 29.2 Å². The molecule has 0 amide bonds. The van der Waals surface area contributed by atoms with Crippen molar-refractivity contribution in [2.24, 2.45) is 0 Å². The number of benzene rings is 1. The summed E-state index contributed by atoms with van der Waals surface area (Å²) in [5.41, 5.74) is 0. The minimum absolute atomic E-state index is 0.313. The number of ether oxygens (including phenoxy) is 1. The molecule has 0 aromatic heterocycles. The van der Waals surface area contributed by atoms with Crippen LogP contribution in [-0.2, 0) is 15.5 Å². The summed E-state index contributed by atoms with van der Waals surface area (Å²) in [7, 11) is 0.474. The lowest BCUT2D eigenvalue weighted by molar-refractivity contribution is 0.218. The van der Waals surface area contributed by atoms with Gasteiger partial charge in [-0.3, -0.25) is 4.21 Å². The maximum Gasteiger partial charge on any atom is 0.123 e. The molecule has 0 bridgehead atoms. The quantitative estimate of drug-likeness (QED) is 0.741. The smallest absolute Gasteiger partial charge is 0.123 e. The second-order valence-electron chi connectivity index (χ2n) is 2.50. The van der Waals surface area contributed by atoms with E-state index in [0.29, 0.717) is 17.3 Å². The van der Waals surface area contributed by atoms with E-state index in [1.54, 1.807) is 7.11 Å². The Labute approximate surface area is 79.2 Å². The molecule has 0 aliphatic heterocycles. The van der Waals surface area contributed by atoms with Crippen molar-refractivity contribution in [2.45, 2.75) is 4.90 Å². The Kier molecular flexibility index (Phi) is 4.05. The van der Waals surface area contributed by atoms with E-state index in [9.17, 15) is 8.60 Å². The maximum absolute atomic E-state index is 12.5. The molecule has 0 aliphatic rings. The summed E-state index contributed by atoms with van der Waals surface area (Å²) in [6.45, 7) is 0.448. The first-order valence-corrected chi connectivity index (χ1v) is 5.19. The van der Waals surface area contributed by atoms with Gasteiger partial charge in [0.05, 0.1) is 23.2 Å². The van der Waals surface area contributed by atoms with Crippen molar-refractivity contribution < 1.29 is 13.3 Å². The van der Waals surface area contributed by atoms with Gasteiger partial charge in [0.15, 0.2) is 0 Å². The molecule has 0 radical (unpaired) electrons. The summed E-state index contributed by atoms with van der Waals surface area (Å²) in [5, 5.41) is 0. The Morgan fingerprint density at radius 1 is 1.38 bits per heavy atom. The van der Waals surface area contributed by atoms with Gasteiger partial charge in [-0.15, -0.1) is 0 Å². The monoisotopic (exact) mass is 202 g/mol. The average Bonchev–Trinajstić information content (AvgIpc) is 2.15. The van der Waals surface area contributed by atoms with Crippen molar-refractivity contribution in [3.63, 3.8) is 0 Å². The van der Waals surface area contributed by atoms with E-state index in [2.05, 4.69) is 0 Å². The molecule has 1 atom stereocenters. The molecule has 1 unspecified atom stereocenters. The Balaban J connectivity index is 2.61. The number of halogens is 1. The fourth-order valence-corrected chi connectivity index (χ4v) is 1.86. The maximum atomic E-state index is 12.5. The number of hydrogen-bond donors (Lipinski definition) is 0.